The number of hydrogen-bond donors (Lipinski definition) is 0. The fraction of sp³-hybridized carbons (Fsp3) is 0.294. The number of ketones is 1. The number of carbonyl (C=O) groups is 1. The Labute approximate surface area is 127 Å². The zero-order chi connectivity index (χ0) is 14.2. The Kier molecular flexibility index (Phi) is 3.11. The summed E-state index contributed by atoms with van der Waals surface area (Å²) >= 11 is 1.63. The van der Waals surface area contributed by atoms with Crippen LogP contribution in [0, 0.1) is 5.92 Å². The molecule has 0 radical (unpaired) electrons. The summed E-state index contributed by atoms with van der Waals surface area (Å²) in [6.45, 7) is 0. The lowest BCUT2D eigenvalue weighted by molar-refractivity contribution is 0.0914. The first-order valence-corrected chi connectivity index (χ1v) is 8.22. The Morgan fingerprint density at radius 2 is 2.24 bits per heavy atom. The van der Waals surface area contributed by atoms with Gasteiger partial charge in [-0.15, -0.1) is 11.3 Å². The minimum Gasteiger partial charge on any atom is -0.297 e. The predicted octanol–water partition coefficient (Wildman–Crippen LogP) is 3.77. The Bertz CT molecular complexity index is 773. The van der Waals surface area contributed by atoms with E-state index >= 15 is 0 Å². The van der Waals surface area contributed by atoms with Gasteiger partial charge in [-0.1, -0.05) is 24.3 Å². The van der Waals surface area contributed by atoms with E-state index < -0.39 is 0 Å². The highest BCUT2D eigenvalue weighted by atomic mass is 32.1. The molecule has 3 nitrogen and oxygen atoms in total. The largest absolute Gasteiger partial charge is 0.297 e. The van der Waals surface area contributed by atoms with E-state index in [-0.39, 0.29) is 5.92 Å². The second-order valence-corrected chi connectivity index (χ2v) is 6.51. The monoisotopic (exact) mass is 296 g/mol. The fourth-order valence-corrected chi connectivity index (χ4v) is 3.91. The average Bonchev–Trinajstić information content (AvgIpc) is 3.03. The molecule has 2 heterocycles. The first kappa shape index (κ1) is 12.8. The molecule has 0 amide bonds. The van der Waals surface area contributed by atoms with E-state index in [0.29, 0.717) is 5.78 Å². The molecular weight excluding hydrogens is 280 g/mol. The molecule has 0 fully saturated rings. The summed E-state index contributed by atoms with van der Waals surface area (Å²) in [5, 5.41) is 2.03. The van der Waals surface area contributed by atoms with E-state index in [2.05, 4.69) is 17.2 Å². The van der Waals surface area contributed by atoms with Crippen molar-refractivity contribution in [3.05, 3.63) is 58.9 Å². The molecule has 3 aromatic rings. The highest BCUT2D eigenvalue weighted by Gasteiger charge is 2.26. The summed E-state index contributed by atoms with van der Waals surface area (Å²) in [6, 6.07) is 8.05. The minimum absolute atomic E-state index is 0.0678. The van der Waals surface area contributed by atoms with Gasteiger partial charge in [0.05, 0.1) is 5.69 Å². The predicted molar refractivity (Wildman–Crippen MR) is 84.0 cm³/mol. The second-order valence-electron chi connectivity index (χ2n) is 5.64. The third-order valence-corrected chi connectivity index (χ3v) is 5.02. The van der Waals surface area contributed by atoms with Crippen molar-refractivity contribution in [2.75, 3.05) is 0 Å². The summed E-state index contributed by atoms with van der Waals surface area (Å²) in [4.78, 5) is 18.4. The number of hydrogen-bond acceptors (Lipinski definition) is 3. The zero-order valence-corrected chi connectivity index (χ0v) is 12.5. The van der Waals surface area contributed by atoms with Crippen LogP contribution in [0.1, 0.15) is 34.5 Å². The molecule has 1 atom stereocenters. The van der Waals surface area contributed by atoms with E-state index in [1.54, 1.807) is 11.3 Å². The molecule has 1 aliphatic rings. The topological polar surface area (TPSA) is 34.4 Å². The maximum absolute atomic E-state index is 12.8. The van der Waals surface area contributed by atoms with Gasteiger partial charge < -0.3 is 0 Å². The molecule has 1 unspecified atom stereocenters. The van der Waals surface area contributed by atoms with E-state index in [4.69, 9.17) is 0 Å². The lowest BCUT2D eigenvalue weighted by atomic mass is 9.91. The summed E-state index contributed by atoms with van der Waals surface area (Å²) in [6.07, 6.45) is 7.86. The number of rotatable bonds is 2. The quantitative estimate of drug-likeness (QED) is 0.675. The molecule has 0 N–H and O–H groups in total. The van der Waals surface area contributed by atoms with Gasteiger partial charge in [-0.05, 0) is 24.8 Å². The first-order chi connectivity index (χ1) is 10.3. The van der Waals surface area contributed by atoms with Crippen molar-refractivity contribution < 1.29 is 4.79 Å². The van der Waals surface area contributed by atoms with E-state index in [0.717, 1.165) is 41.9 Å². The Hall–Kier alpha value is -1.94. The summed E-state index contributed by atoms with van der Waals surface area (Å²) in [5.74, 6) is 0.359. The van der Waals surface area contributed by atoms with Crippen molar-refractivity contribution in [1.29, 1.82) is 0 Å². The lowest BCUT2D eigenvalue weighted by Crippen LogP contribution is -2.16. The molecule has 0 saturated heterocycles. The van der Waals surface area contributed by atoms with Crippen molar-refractivity contribution in [3.8, 4) is 0 Å². The van der Waals surface area contributed by atoms with Gasteiger partial charge in [0.2, 0.25) is 0 Å². The fourth-order valence-electron chi connectivity index (χ4n) is 3.19. The van der Waals surface area contributed by atoms with Crippen LogP contribution in [-0.2, 0) is 12.8 Å². The molecule has 4 rings (SSSR count). The summed E-state index contributed by atoms with van der Waals surface area (Å²) in [5.41, 5.74) is 3.15. The van der Waals surface area contributed by atoms with Crippen LogP contribution in [0.15, 0.2) is 42.0 Å². The maximum atomic E-state index is 12.8. The number of benzene rings is 1. The molecule has 106 valence electrons. The van der Waals surface area contributed by atoms with Crippen LogP contribution in [0.3, 0.4) is 0 Å². The zero-order valence-electron chi connectivity index (χ0n) is 11.7. The third-order valence-electron chi connectivity index (χ3n) is 4.25. The van der Waals surface area contributed by atoms with Crippen molar-refractivity contribution >= 4 is 22.1 Å². The van der Waals surface area contributed by atoms with Crippen LogP contribution >= 0.6 is 11.3 Å². The van der Waals surface area contributed by atoms with Gasteiger partial charge in [0.15, 0.2) is 10.7 Å². The summed E-state index contributed by atoms with van der Waals surface area (Å²) < 4.78 is 2.04. The maximum Gasteiger partial charge on any atom is 0.193 e. The number of nitrogens with zero attached hydrogens (tertiary/aromatic N) is 2. The highest BCUT2D eigenvalue weighted by molar-refractivity contribution is 7.15. The van der Waals surface area contributed by atoms with E-state index in [1.807, 2.05) is 34.2 Å². The van der Waals surface area contributed by atoms with Crippen LogP contribution in [0.2, 0.25) is 0 Å². The van der Waals surface area contributed by atoms with Gasteiger partial charge in [-0.3, -0.25) is 9.20 Å². The number of aromatic nitrogens is 2. The standard InChI is InChI=1S/C17H16N2OS/c20-16-13(6-3-5-12-4-1-2-7-15(12)16)10-14-11-19-8-9-21-17(19)18-14/h1-2,4,7-9,11,13H,3,5-6,10H2. The van der Waals surface area contributed by atoms with Crippen molar-refractivity contribution in [1.82, 2.24) is 9.38 Å². The van der Waals surface area contributed by atoms with Gasteiger partial charge in [-0.25, -0.2) is 4.98 Å². The van der Waals surface area contributed by atoms with Gasteiger partial charge >= 0.3 is 0 Å². The molecule has 1 aromatic carbocycles. The molecular formula is C17H16N2OS. The van der Waals surface area contributed by atoms with Crippen LogP contribution in [0.5, 0.6) is 0 Å². The SMILES string of the molecule is O=C1c2ccccc2CCCC1Cc1cn2ccsc2n1. The molecule has 0 spiro atoms. The number of carbonyl (C=O) groups excluding carboxylic acids is 1. The van der Waals surface area contributed by atoms with E-state index in [9.17, 15) is 4.79 Å². The Morgan fingerprint density at radius 3 is 3.14 bits per heavy atom. The number of imidazole rings is 1. The van der Waals surface area contributed by atoms with Crippen molar-refractivity contribution in [2.24, 2.45) is 5.92 Å². The number of Topliss-reactive ketones (excluding diaryl/α,β-unsaturated/α-hetero) is 1. The molecule has 21 heavy (non-hydrogen) atoms. The third kappa shape index (κ3) is 2.29. The number of fused-ring (bicyclic) bond motifs is 2. The van der Waals surface area contributed by atoms with Crippen molar-refractivity contribution in [2.45, 2.75) is 25.7 Å². The van der Waals surface area contributed by atoms with E-state index in [1.165, 1.54) is 5.56 Å². The molecule has 0 saturated carbocycles. The molecule has 0 bridgehead atoms. The number of thiazole rings is 1. The smallest absolute Gasteiger partial charge is 0.193 e. The van der Waals surface area contributed by atoms with Gasteiger partial charge in [0.1, 0.15) is 0 Å². The van der Waals surface area contributed by atoms with Gasteiger partial charge in [0, 0.05) is 35.7 Å². The molecule has 0 aliphatic heterocycles. The lowest BCUT2D eigenvalue weighted by Gasteiger charge is -2.12. The molecule has 1 aliphatic carbocycles. The molecule has 4 heteroatoms. The second kappa shape index (κ2) is 5.11. The Balaban J connectivity index is 1.63. The first-order valence-electron chi connectivity index (χ1n) is 7.34. The minimum atomic E-state index is 0.0678. The Morgan fingerprint density at radius 1 is 1.33 bits per heavy atom. The van der Waals surface area contributed by atoms with Gasteiger partial charge in [-0.2, -0.15) is 0 Å². The van der Waals surface area contributed by atoms with Crippen LogP contribution < -0.4 is 0 Å². The number of aryl methyl sites for hydroxylation is 1. The molecule has 2 aromatic heterocycles. The van der Waals surface area contributed by atoms with Gasteiger partial charge in [0.25, 0.3) is 0 Å². The van der Waals surface area contributed by atoms with Crippen molar-refractivity contribution in [3.63, 3.8) is 0 Å². The van der Waals surface area contributed by atoms with Crippen LogP contribution in [-0.4, -0.2) is 15.2 Å². The highest BCUT2D eigenvalue weighted by Crippen LogP contribution is 2.27. The average molecular weight is 296 g/mol. The normalized spacial score (nSPS) is 18.7. The summed E-state index contributed by atoms with van der Waals surface area (Å²) in [7, 11) is 0. The van der Waals surface area contributed by atoms with Crippen LogP contribution in [0.4, 0.5) is 0 Å². The van der Waals surface area contributed by atoms with Crippen LogP contribution in [0.25, 0.3) is 4.96 Å².